The van der Waals surface area contributed by atoms with Gasteiger partial charge in [0.1, 0.15) is 0 Å². The fourth-order valence-electron chi connectivity index (χ4n) is 1.30. The lowest BCUT2D eigenvalue weighted by atomic mass is 9.93. The van der Waals surface area contributed by atoms with E-state index in [1.165, 1.54) is 5.57 Å². The third-order valence-electron chi connectivity index (χ3n) is 2.02. The molecule has 0 fully saturated rings. The van der Waals surface area contributed by atoms with Gasteiger partial charge >= 0.3 is 0 Å². The molecule has 0 saturated heterocycles. The van der Waals surface area contributed by atoms with Crippen molar-refractivity contribution in [2.24, 2.45) is 5.92 Å². The van der Waals surface area contributed by atoms with Crippen LogP contribution in [-0.2, 0) is 0 Å². The predicted octanol–water partition coefficient (Wildman–Crippen LogP) is 3.81. The SMILES string of the molecule is C=C(C)C=CC1C=CC=C/C1=C/C. The Bertz CT molecular complexity index is 298. The summed E-state index contributed by atoms with van der Waals surface area (Å²) in [5.74, 6) is 0.423. The molecule has 1 rings (SSSR count). The van der Waals surface area contributed by atoms with Crippen LogP contribution in [0.15, 0.2) is 60.3 Å². The van der Waals surface area contributed by atoms with Crippen molar-refractivity contribution in [3.05, 3.63) is 60.3 Å². The van der Waals surface area contributed by atoms with Crippen molar-refractivity contribution < 1.29 is 0 Å². The molecule has 0 aromatic rings. The fraction of sp³-hybridized carbons (Fsp3) is 0.231. The minimum atomic E-state index is 0.423. The summed E-state index contributed by atoms with van der Waals surface area (Å²) in [5, 5.41) is 0. The summed E-state index contributed by atoms with van der Waals surface area (Å²) in [6, 6.07) is 0. The van der Waals surface area contributed by atoms with E-state index in [-0.39, 0.29) is 0 Å². The van der Waals surface area contributed by atoms with Crippen LogP contribution in [0.2, 0.25) is 0 Å². The van der Waals surface area contributed by atoms with E-state index in [0.29, 0.717) is 5.92 Å². The highest BCUT2D eigenvalue weighted by atomic mass is 14.1. The molecule has 68 valence electrons. The van der Waals surface area contributed by atoms with Gasteiger partial charge < -0.3 is 0 Å². The smallest absolute Gasteiger partial charge is 0.0201 e. The molecule has 0 aliphatic heterocycles. The summed E-state index contributed by atoms with van der Waals surface area (Å²) in [6.45, 7) is 7.92. The summed E-state index contributed by atoms with van der Waals surface area (Å²) in [4.78, 5) is 0. The Labute approximate surface area is 80.7 Å². The molecule has 0 amide bonds. The lowest BCUT2D eigenvalue weighted by molar-refractivity contribution is 0.987. The van der Waals surface area contributed by atoms with E-state index in [1.54, 1.807) is 0 Å². The molecular weight excluding hydrogens is 156 g/mol. The van der Waals surface area contributed by atoms with Gasteiger partial charge in [-0.25, -0.2) is 0 Å². The van der Waals surface area contributed by atoms with Crippen LogP contribution in [-0.4, -0.2) is 0 Å². The number of allylic oxidation sites excluding steroid dienone is 9. The first kappa shape index (κ1) is 9.79. The van der Waals surface area contributed by atoms with Crippen molar-refractivity contribution in [3.63, 3.8) is 0 Å². The van der Waals surface area contributed by atoms with E-state index in [9.17, 15) is 0 Å². The van der Waals surface area contributed by atoms with E-state index in [2.05, 4.69) is 56.0 Å². The van der Waals surface area contributed by atoms with Gasteiger partial charge in [0.15, 0.2) is 0 Å². The molecule has 0 nitrogen and oxygen atoms in total. The van der Waals surface area contributed by atoms with Crippen molar-refractivity contribution in [3.8, 4) is 0 Å². The van der Waals surface area contributed by atoms with Gasteiger partial charge in [-0.2, -0.15) is 0 Å². The lowest BCUT2D eigenvalue weighted by Gasteiger charge is -2.11. The van der Waals surface area contributed by atoms with Crippen LogP contribution in [0.25, 0.3) is 0 Å². The Hall–Kier alpha value is -1.30. The zero-order chi connectivity index (χ0) is 9.68. The Morgan fingerprint density at radius 1 is 1.46 bits per heavy atom. The molecule has 0 heteroatoms. The molecular formula is C13H16. The lowest BCUT2D eigenvalue weighted by Crippen LogP contribution is -1.97. The molecule has 1 atom stereocenters. The van der Waals surface area contributed by atoms with E-state index in [1.807, 2.05) is 6.92 Å². The van der Waals surface area contributed by atoms with Crippen LogP contribution < -0.4 is 0 Å². The second kappa shape index (κ2) is 4.66. The van der Waals surface area contributed by atoms with Crippen LogP contribution in [0.5, 0.6) is 0 Å². The van der Waals surface area contributed by atoms with Crippen molar-refractivity contribution >= 4 is 0 Å². The highest BCUT2D eigenvalue weighted by Gasteiger charge is 2.05. The number of rotatable bonds is 2. The first-order valence-electron chi connectivity index (χ1n) is 4.59. The van der Waals surface area contributed by atoms with Gasteiger partial charge in [-0.15, -0.1) is 0 Å². The van der Waals surface area contributed by atoms with Gasteiger partial charge in [0.05, 0.1) is 0 Å². The molecule has 0 N–H and O–H groups in total. The quantitative estimate of drug-likeness (QED) is 0.556. The van der Waals surface area contributed by atoms with E-state index >= 15 is 0 Å². The third kappa shape index (κ3) is 2.90. The molecule has 1 aliphatic rings. The van der Waals surface area contributed by atoms with Gasteiger partial charge in [0.2, 0.25) is 0 Å². The van der Waals surface area contributed by atoms with Crippen molar-refractivity contribution in [2.75, 3.05) is 0 Å². The molecule has 0 bridgehead atoms. The Morgan fingerprint density at radius 3 is 2.85 bits per heavy atom. The molecule has 0 heterocycles. The van der Waals surface area contributed by atoms with Gasteiger partial charge in [0, 0.05) is 5.92 Å². The highest BCUT2D eigenvalue weighted by Crippen LogP contribution is 2.20. The molecule has 13 heavy (non-hydrogen) atoms. The zero-order valence-electron chi connectivity index (χ0n) is 8.33. The summed E-state index contributed by atoms with van der Waals surface area (Å²) >= 11 is 0. The fourth-order valence-corrected chi connectivity index (χ4v) is 1.30. The van der Waals surface area contributed by atoms with Crippen LogP contribution >= 0.6 is 0 Å². The summed E-state index contributed by atoms with van der Waals surface area (Å²) < 4.78 is 0. The van der Waals surface area contributed by atoms with E-state index in [4.69, 9.17) is 0 Å². The first-order chi connectivity index (χ1) is 6.24. The van der Waals surface area contributed by atoms with Gasteiger partial charge in [0.25, 0.3) is 0 Å². The highest BCUT2D eigenvalue weighted by molar-refractivity contribution is 5.36. The van der Waals surface area contributed by atoms with Crippen molar-refractivity contribution in [2.45, 2.75) is 13.8 Å². The van der Waals surface area contributed by atoms with Crippen LogP contribution in [0.4, 0.5) is 0 Å². The van der Waals surface area contributed by atoms with Crippen LogP contribution in [0, 0.1) is 5.92 Å². The maximum absolute atomic E-state index is 3.84. The minimum absolute atomic E-state index is 0.423. The van der Waals surface area contributed by atoms with Gasteiger partial charge in [-0.05, 0) is 19.4 Å². The molecule has 0 saturated carbocycles. The summed E-state index contributed by atoms with van der Waals surface area (Å²) in [6.07, 6.45) is 14.9. The van der Waals surface area contributed by atoms with Crippen LogP contribution in [0.1, 0.15) is 13.8 Å². The van der Waals surface area contributed by atoms with Crippen molar-refractivity contribution in [1.82, 2.24) is 0 Å². The maximum Gasteiger partial charge on any atom is 0.0201 e. The summed E-state index contributed by atoms with van der Waals surface area (Å²) in [7, 11) is 0. The molecule has 0 spiro atoms. The molecule has 1 aliphatic carbocycles. The first-order valence-corrected chi connectivity index (χ1v) is 4.59. The summed E-state index contributed by atoms with van der Waals surface area (Å²) in [5.41, 5.74) is 2.44. The van der Waals surface area contributed by atoms with E-state index < -0.39 is 0 Å². The number of hydrogen-bond acceptors (Lipinski definition) is 0. The standard InChI is InChI=1S/C13H16/c1-4-12-7-5-6-8-13(12)10-9-11(2)3/h4-10,13H,2H2,1,3H3/b10-9?,12-4-. The minimum Gasteiger partial charge on any atom is -0.0961 e. The Morgan fingerprint density at radius 2 is 2.23 bits per heavy atom. The molecule has 0 radical (unpaired) electrons. The Kier molecular flexibility index (Phi) is 3.51. The average Bonchev–Trinajstić information content (AvgIpc) is 2.15. The maximum atomic E-state index is 3.84. The van der Waals surface area contributed by atoms with Crippen molar-refractivity contribution in [1.29, 1.82) is 0 Å². The topological polar surface area (TPSA) is 0 Å². The van der Waals surface area contributed by atoms with Gasteiger partial charge in [-0.1, -0.05) is 54.7 Å². The Balaban J connectivity index is 2.74. The van der Waals surface area contributed by atoms with Gasteiger partial charge in [-0.3, -0.25) is 0 Å². The monoisotopic (exact) mass is 172 g/mol. The molecule has 1 unspecified atom stereocenters. The van der Waals surface area contributed by atoms with E-state index in [0.717, 1.165) is 5.57 Å². The second-order valence-electron chi connectivity index (χ2n) is 3.26. The number of hydrogen-bond donors (Lipinski definition) is 0. The largest absolute Gasteiger partial charge is 0.0961 e. The third-order valence-corrected chi connectivity index (χ3v) is 2.02. The van der Waals surface area contributed by atoms with Crippen LogP contribution in [0.3, 0.4) is 0 Å². The normalized spacial score (nSPS) is 24.5. The predicted molar refractivity (Wildman–Crippen MR) is 59.5 cm³/mol. The average molecular weight is 172 g/mol. The molecule has 0 aromatic carbocycles. The zero-order valence-corrected chi connectivity index (χ0v) is 8.33. The molecule has 0 aromatic heterocycles. The second-order valence-corrected chi connectivity index (χ2v) is 3.26.